The van der Waals surface area contributed by atoms with Gasteiger partial charge in [0.2, 0.25) is 11.0 Å². The molecule has 0 spiro atoms. The van der Waals surface area contributed by atoms with Gasteiger partial charge >= 0.3 is 0 Å². The molecule has 0 aliphatic rings. The number of rotatable bonds is 9. The lowest BCUT2D eigenvalue weighted by atomic mass is 10.2. The molecule has 0 unspecified atom stereocenters. The normalized spacial score (nSPS) is 11.4. The van der Waals surface area contributed by atoms with Gasteiger partial charge in [0.1, 0.15) is 12.3 Å². The van der Waals surface area contributed by atoms with Crippen LogP contribution in [-0.4, -0.2) is 43.4 Å². The standard InChI is InChI=1S/C21H24N4O4S3/c1-14(2)30-21-24-23-20(31-21)22-19(26)13-25(16-6-5-7-17(12-16)29-4)32(27,28)18-10-8-15(3)9-11-18/h5-12,14H,13H2,1-4H3,(H,22,23,26). The van der Waals surface area contributed by atoms with Crippen LogP contribution in [0.15, 0.2) is 57.8 Å². The van der Waals surface area contributed by atoms with Gasteiger partial charge in [-0.3, -0.25) is 14.4 Å². The Labute approximate surface area is 196 Å². The molecule has 1 amide bonds. The minimum Gasteiger partial charge on any atom is -0.497 e. The molecule has 1 heterocycles. The van der Waals surface area contributed by atoms with Crippen molar-refractivity contribution in [3.8, 4) is 5.75 Å². The third kappa shape index (κ3) is 5.99. The molecule has 0 radical (unpaired) electrons. The zero-order chi connectivity index (χ0) is 23.3. The number of nitrogens with zero attached hydrogens (tertiary/aromatic N) is 3. The molecular weight excluding hydrogens is 468 g/mol. The van der Waals surface area contributed by atoms with Gasteiger partial charge in [0.15, 0.2) is 4.34 Å². The van der Waals surface area contributed by atoms with E-state index in [1.54, 1.807) is 36.4 Å². The van der Waals surface area contributed by atoms with Crippen molar-refractivity contribution in [1.82, 2.24) is 10.2 Å². The van der Waals surface area contributed by atoms with Crippen LogP contribution in [-0.2, 0) is 14.8 Å². The SMILES string of the molecule is COc1cccc(N(CC(=O)Nc2nnc(SC(C)C)s2)S(=O)(=O)c2ccc(C)cc2)c1. The molecule has 8 nitrogen and oxygen atoms in total. The molecule has 0 atom stereocenters. The minimum absolute atomic E-state index is 0.0882. The molecule has 0 aliphatic heterocycles. The minimum atomic E-state index is -4.01. The molecule has 170 valence electrons. The molecule has 0 bridgehead atoms. The highest BCUT2D eigenvalue weighted by Crippen LogP contribution is 2.29. The number of carbonyl (C=O) groups is 1. The second kappa shape index (κ2) is 10.3. The molecule has 11 heteroatoms. The Balaban J connectivity index is 1.89. The first kappa shape index (κ1) is 24.0. The number of hydrogen-bond acceptors (Lipinski definition) is 8. The van der Waals surface area contributed by atoms with E-state index < -0.39 is 22.5 Å². The van der Waals surface area contributed by atoms with Gasteiger partial charge in [-0.2, -0.15) is 0 Å². The number of aromatic nitrogens is 2. The summed E-state index contributed by atoms with van der Waals surface area (Å²) < 4.78 is 33.9. The third-order valence-corrected chi connectivity index (χ3v) is 7.94. The first-order chi connectivity index (χ1) is 15.2. The molecule has 3 aromatic rings. The van der Waals surface area contributed by atoms with Crippen molar-refractivity contribution in [1.29, 1.82) is 0 Å². The average Bonchev–Trinajstić information content (AvgIpc) is 3.18. The van der Waals surface area contributed by atoms with Crippen LogP contribution in [0.4, 0.5) is 10.8 Å². The lowest BCUT2D eigenvalue weighted by Gasteiger charge is -2.24. The van der Waals surface area contributed by atoms with Gasteiger partial charge in [-0.15, -0.1) is 10.2 Å². The zero-order valence-electron chi connectivity index (χ0n) is 18.1. The number of thioether (sulfide) groups is 1. The number of benzene rings is 2. The number of anilines is 2. The van der Waals surface area contributed by atoms with Crippen molar-refractivity contribution in [2.24, 2.45) is 0 Å². The number of carbonyl (C=O) groups excluding carboxylic acids is 1. The molecule has 3 rings (SSSR count). The molecule has 32 heavy (non-hydrogen) atoms. The van der Waals surface area contributed by atoms with Crippen LogP contribution in [0.2, 0.25) is 0 Å². The van der Waals surface area contributed by atoms with E-state index in [-0.39, 0.29) is 4.90 Å². The largest absolute Gasteiger partial charge is 0.497 e. The van der Waals surface area contributed by atoms with Crippen LogP contribution in [0.25, 0.3) is 0 Å². The molecule has 0 fully saturated rings. The topological polar surface area (TPSA) is 101 Å². The van der Waals surface area contributed by atoms with Crippen LogP contribution in [0.3, 0.4) is 0 Å². The van der Waals surface area contributed by atoms with E-state index in [2.05, 4.69) is 15.5 Å². The summed E-state index contributed by atoms with van der Waals surface area (Å²) in [6.45, 7) is 5.51. The lowest BCUT2D eigenvalue weighted by molar-refractivity contribution is -0.114. The molecular formula is C21H24N4O4S3. The summed E-state index contributed by atoms with van der Waals surface area (Å²) in [7, 11) is -2.52. The molecule has 0 saturated heterocycles. The fourth-order valence-corrected chi connectivity index (χ4v) is 6.12. The van der Waals surface area contributed by atoms with Crippen LogP contribution in [0.5, 0.6) is 5.75 Å². The van der Waals surface area contributed by atoms with E-state index in [0.717, 1.165) is 14.2 Å². The van der Waals surface area contributed by atoms with E-state index in [1.165, 1.54) is 42.3 Å². The van der Waals surface area contributed by atoms with E-state index in [9.17, 15) is 13.2 Å². The highest BCUT2D eigenvalue weighted by atomic mass is 32.2. The van der Waals surface area contributed by atoms with Gasteiger partial charge in [-0.05, 0) is 31.2 Å². The monoisotopic (exact) mass is 492 g/mol. The van der Waals surface area contributed by atoms with Crippen molar-refractivity contribution in [3.63, 3.8) is 0 Å². The third-order valence-electron chi connectivity index (χ3n) is 4.23. The highest BCUT2D eigenvalue weighted by Gasteiger charge is 2.28. The summed E-state index contributed by atoms with van der Waals surface area (Å²) >= 11 is 2.78. The predicted molar refractivity (Wildman–Crippen MR) is 128 cm³/mol. The van der Waals surface area contributed by atoms with Crippen molar-refractivity contribution in [2.45, 2.75) is 35.3 Å². The van der Waals surface area contributed by atoms with Gasteiger partial charge in [-0.1, -0.05) is 60.7 Å². The maximum Gasteiger partial charge on any atom is 0.264 e. The number of ether oxygens (including phenoxy) is 1. The van der Waals surface area contributed by atoms with Gasteiger partial charge in [0.25, 0.3) is 10.0 Å². The number of methoxy groups -OCH3 is 1. The number of hydrogen-bond donors (Lipinski definition) is 1. The number of aryl methyl sites for hydroxylation is 1. The smallest absolute Gasteiger partial charge is 0.264 e. The van der Waals surface area contributed by atoms with E-state index in [1.807, 2.05) is 20.8 Å². The van der Waals surface area contributed by atoms with Crippen LogP contribution in [0, 0.1) is 6.92 Å². The molecule has 1 aromatic heterocycles. The van der Waals surface area contributed by atoms with E-state index >= 15 is 0 Å². The van der Waals surface area contributed by atoms with Crippen LogP contribution in [0.1, 0.15) is 19.4 Å². The van der Waals surface area contributed by atoms with Gasteiger partial charge < -0.3 is 4.74 Å². The summed E-state index contributed by atoms with van der Waals surface area (Å²) in [4.78, 5) is 12.9. The van der Waals surface area contributed by atoms with Gasteiger partial charge in [0, 0.05) is 11.3 Å². The lowest BCUT2D eigenvalue weighted by Crippen LogP contribution is -2.38. The summed E-state index contributed by atoms with van der Waals surface area (Å²) in [5.41, 5.74) is 1.24. The maximum absolute atomic E-state index is 13.4. The summed E-state index contributed by atoms with van der Waals surface area (Å²) in [5.74, 6) is -0.0488. The van der Waals surface area contributed by atoms with Crippen LogP contribution >= 0.6 is 23.1 Å². The number of nitrogens with one attached hydrogen (secondary N) is 1. The Morgan fingerprint density at radius 1 is 1.19 bits per heavy atom. The highest BCUT2D eigenvalue weighted by molar-refractivity contribution is 8.01. The Morgan fingerprint density at radius 2 is 1.91 bits per heavy atom. The second-order valence-electron chi connectivity index (χ2n) is 7.11. The Morgan fingerprint density at radius 3 is 2.56 bits per heavy atom. The first-order valence-electron chi connectivity index (χ1n) is 9.72. The van der Waals surface area contributed by atoms with Crippen molar-refractivity contribution in [2.75, 3.05) is 23.3 Å². The fraction of sp³-hybridized carbons (Fsp3) is 0.286. The summed E-state index contributed by atoms with van der Waals surface area (Å²) in [6, 6.07) is 13.0. The van der Waals surface area contributed by atoms with Crippen molar-refractivity contribution in [3.05, 3.63) is 54.1 Å². The predicted octanol–water partition coefficient (Wildman–Crippen LogP) is 4.19. The summed E-state index contributed by atoms with van der Waals surface area (Å²) in [6.07, 6.45) is 0. The average molecular weight is 493 g/mol. The summed E-state index contributed by atoms with van der Waals surface area (Å²) in [5, 5.41) is 11.3. The Bertz CT molecular complexity index is 1180. The number of sulfonamides is 1. The molecule has 2 aromatic carbocycles. The maximum atomic E-state index is 13.4. The van der Waals surface area contributed by atoms with E-state index in [0.29, 0.717) is 21.8 Å². The van der Waals surface area contributed by atoms with Crippen LogP contribution < -0.4 is 14.4 Å². The van der Waals surface area contributed by atoms with Crippen molar-refractivity contribution >= 4 is 49.8 Å². The second-order valence-corrected chi connectivity index (χ2v) is 11.8. The first-order valence-corrected chi connectivity index (χ1v) is 12.9. The number of amides is 1. The zero-order valence-corrected chi connectivity index (χ0v) is 20.6. The Kier molecular flexibility index (Phi) is 7.75. The van der Waals surface area contributed by atoms with Gasteiger partial charge in [-0.25, -0.2) is 8.42 Å². The molecule has 1 N–H and O–H groups in total. The molecule has 0 saturated carbocycles. The molecule has 0 aliphatic carbocycles. The van der Waals surface area contributed by atoms with Gasteiger partial charge in [0.05, 0.1) is 17.7 Å². The van der Waals surface area contributed by atoms with E-state index in [4.69, 9.17) is 4.74 Å². The fourth-order valence-electron chi connectivity index (χ4n) is 2.72. The van der Waals surface area contributed by atoms with Crippen molar-refractivity contribution < 1.29 is 17.9 Å². The Hall–Kier alpha value is -2.63. The quantitative estimate of drug-likeness (QED) is 0.353.